The summed E-state index contributed by atoms with van der Waals surface area (Å²) in [4.78, 5) is 14.1. The number of carbonyl (C=O) groups is 1. The number of amides is 1. The molecule has 1 aromatic carbocycles. The number of anilines is 2. The van der Waals surface area contributed by atoms with Gasteiger partial charge in [0, 0.05) is 24.7 Å². The minimum Gasteiger partial charge on any atom is -0.397 e. The lowest BCUT2D eigenvalue weighted by Crippen LogP contribution is -2.27. The molecule has 1 aliphatic rings. The van der Waals surface area contributed by atoms with Crippen molar-refractivity contribution in [2.24, 2.45) is 0 Å². The first-order valence-electron chi connectivity index (χ1n) is 6.53. The zero-order valence-corrected chi connectivity index (χ0v) is 11.1. The molecule has 0 saturated carbocycles. The lowest BCUT2D eigenvalue weighted by Gasteiger charge is -2.17. The Bertz CT molecular complexity index is 437. The van der Waals surface area contributed by atoms with E-state index in [2.05, 4.69) is 19.2 Å². The van der Waals surface area contributed by atoms with Crippen molar-refractivity contribution in [3.05, 3.63) is 23.8 Å². The Morgan fingerprint density at radius 2 is 2.00 bits per heavy atom. The van der Waals surface area contributed by atoms with Gasteiger partial charge in [-0.1, -0.05) is 0 Å². The number of benzene rings is 1. The SMILES string of the molecule is CC(C)Nc1ccc(C(=O)N2CCCC2)cc1N. The Labute approximate surface area is 108 Å². The minimum absolute atomic E-state index is 0.0929. The highest BCUT2D eigenvalue weighted by molar-refractivity contribution is 5.96. The smallest absolute Gasteiger partial charge is 0.253 e. The minimum atomic E-state index is 0.0929. The zero-order valence-electron chi connectivity index (χ0n) is 11.1. The summed E-state index contributed by atoms with van der Waals surface area (Å²) in [5, 5.41) is 3.26. The molecule has 0 bridgehead atoms. The van der Waals surface area contributed by atoms with Crippen LogP contribution in [0.4, 0.5) is 11.4 Å². The van der Waals surface area contributed by atoms with Gasteiger partial charge in [0.15, 0.2) is 0 Å². The van der Waals surface area contributed by atoms with Crippen LogP contribution in [0.3, 0.4) is 0 Å². The highest BCUT2D eigenvalue weighted by atomic mass is 16.2. The first-order valence-corrected chi connectivity index (χ1v) is 6.53. The standard InChI is InChI=1S/C14H21N3O/c1-10(2)16-13-6-5-11(9-12(13)15)14(18)17-7-3-4-8-17/h5-6,9-10,16H,3-4,7-8,15H2,1-2H3. The molecule has 0 aromatic heterocycles. The van der Waals surface area contributed by atoms with Crippen LogP contribution in [0.15, 0.2) is 18.2 Å². The Balaban J connectivity index is 2.15. The average Bonchev–Trinajstić information content (AvgIpc) is 2.84. The largest absolute Gasteiger partial charge is 0.397 e. The van der Waals surface area contributed by atoms with Gasteiger partial charge in [-0.05, 0) is 44.9 Å². The number of nitrogens with one attached hydrogen (secondary N) is 1. The van der Waals surface area contributed by atoms with Crippen molar-refractivity contribution in [3.63, 3.8) is 0 Å². The van der Waals surface area contributed by atoms with E-state index in [1.54, 1.807) is 6.07 Å². The Morgan fingerprint density at radius 3 is 2.56 bits per heavy atom. The van der Waals surface area contributed by atoms with Gasteiger partial charge in [0.1, 0.15) is 0 Å². The van der Waals surface area contributed by atoms with Gasteiger partial charge in [-0.15, -0.1) is 0 Å². The number of nitrogens with two attached hydrogens (primary N) is 1. The highest BCUT2D eigenvalue weighted by Crippen LogP contribution is 2.22. The molecule has 4 nitrogen and oxygen atoms in total. The molecular weight excluding hydrogens is 226 g/mol. The summed E-state index contributed by atoms with van der Waals surface area (Å²) in [5.41, 5.74) is 8.18. The van der Waals surface area contributed by atoms with Crippen LogP contribution in [0, 0.1) is 0 Å². The first kappa shape index (κ1) is 12.7. The van der Waals surface area contributed by atoms with Crippen LogP contribution in [-0.4, -0.2) is 29.9 Å². The second kappa shape index (κ2) is 5.29. The maximum atomic E-state index is 12.2. The van der Waals surface area contributed by atoms with Gasteiger partial charge in [-0.3, -0.25) is 4.79 Å². The van der Waals surface area contributed by atoms with Crippen LogP contribution in [0.1, 0.15) is 37.0 Å². The fourth-order valence-corrected chi connectivity index (χ4v) is 2.24. The summed E-state index contributed by atoms with van der Waals surface area (Å²) in [6, 6.07) is 5.83. The maximum absolute atomic E-state index is 12.2. The molecule has 1 aliphatic heterocycles. The van der Waals surface area contributed by atoms with Gasteiger partial charge in [-0.2, -0.15) is 0 Å². The average molecular weight is 247 g/mol. The summed E-state index contributed by atoms with van der Waals surface area (Å²) in [6.45, 7) is 5.85. The van der Waals surface area contributed by atoms with Gasteiger partial charge in [0.05, 0.1) is 11.4 Å². The summed E-state index contributed by atoms with van der Waals surface area (Å²) in [6.07, 6.45) is 2.21. The van der Waals surface area contributed by atoms with Crippen molar-refractivity contribution in [3.8, 4) is 0 Å². The van der Waals surface area contributed by atoms with E-state index in [-0.39, 0.29) is 5.91 Å². The highest BCUT2D eigenvalue weighted by Gasteiger charge is 2.19. The molecule has 0 atom stereocenters. The maximum Gasteiger partial charge on any atom is 0.253 e. The van der Waals surface area contributed by atoms with E-state index < -0.39 is 0 Å². The number of likely N-dealkylation sites (tertiary alicyclic amines) is 1. The topological polar surface area (TPSA) is 58.4 Å². The molecule has 3 N–H and O–H groups in total. The number of hydrogen-bond donors (Lipinski definition) is 2. The third-order valence-electron chi connectivity index (χ3n) is 3.14. The fraction of sp³-hybridized carbons (Fsp3) is 0.500. The van der Waals surface area contributed by atoms with Gasteiger partial charge < -0.3 is 16.0 Å². The van der Waals surface area contributed by atoms with Crippen LogP contribution >= 0.6 is 0 Å². The lowest BCUT2D eigenvalue weighted by molar-refractivity contribution is 0.0793. The van der Waals surface area contributed by atoms with E-state index in [9.17, 15) is 4.79 Å². The van der Waals surface area contributed by atoms with E-state index in [1.807, 2.05) is 17.0 Å². The number of nitrogen functional groups attached to an aromatic ring is 1. The predicted molar refractivity (Wildman–Crippen MR) is 74.8 cm³/mol. The van der Waals surface area contributed by atoms with E-state index in [0.717, 1.165) is 31.6 Å². The van der Waals surface area contributed by atoms with Gasteiger partial charge in [0.25, 0.3) is 5.91 Å². The zero-order chi connectivity index (χ0) is 13.1. The molecule has 1 saturated heterocycles. The number of nitrogens with zero attached hydrogens (tertiary/aromatic N) is 1. The molecule has 1 aromatic rings. The Morgan fingerprint density at radius 1 is 1.33 bits per heavy atom. The second-order valence-corrected chi connectivity index (χ2v) is 5.10. The van der Waals surface area contributed by atoms with Crippen LogP contribution in [0.25, 0.3) is 0 Å². The van der Waals surface area contributed by atoms with Crippen molar-refractivity contribution in [1.29, 1.82) is 0 Å². The molecular formula is C14H21N3O. The summed E-state index contributed by atoms with van der Waals surface area (Å²) < 4.78 is 0. The third-order valence-corrected chi connectivity index (χ3v) is 3.14. The molecule has 2 rings (SSSR count). The predicted octanol–water partition coefficient (Wildman–Crippen LogP) is 2.33. The molecule has 0 unspecified atom stereocenters. The summed E-state index contributed by atoms with van der Waals surface area (Å²) in [7, 11) is 0. The van der Waals surface area contributed by atoms with Crippen LogP contribution in [0.5, 0.6) is 0 Å². The first-order chi connectivity index (χ1) is 8.58. The normalized spacial score (nSPS) is 15.2. The molecule has 0 radical (unpaired) electrons. The van der Waals surface area contributed by atoms with Crippen molar-refractivity contribution < 1.29 is 4.79 Å². The third kappa shape index (κ3) is 2.75. The quantitative estimate of drug-likeness (QED) is 0.806. The molecule has 18 heavy (non-hydrogen) atoms. The molecule has 98 valence electrons. The number of carbonyl (C=O) groups excluding carboxylic acids is 1. The van der Waals surface area contributed by atoms with Crippen LogP contribution in [0.2, 0.25) is 0 Å². The van der Waals surface area contributed by atoms with Crippen molar-refractivity contribution in [2.45, 2.75) is 32.7 Å². The van der Waals surface area contributed by atoms with Gasteiger partial charge >= 0.3 is 0 Å². The molecule has 0 aliphatic carbocycles. The molecule has 4 heteroatoms. The van der Waals surface area contributed by atoms with Gasteiger partial charge in [-0.25, -0.2) is 0 Å². The van der Waals surface area contributed by atoms with Crippen molar-refractivity contribution in [2.75, 3.05) is 24.1 Å². The molecule has 1 amide bonds. The Hall–Kier alpha value is -1.71. The number of hydrogen-bond acceptors (Lipinski definition) is 3. The second-order valence-electron chi connectivity index (χ2n) is 5.10. The van der Waals surface area contributed by atoms with Crippen molar-refractivity contribution in [1.82, 2.24) is 4.90 Å². The molecule has 0 spiro atoms. The monoisotopic (exact) mass is 247 g/mol. The number of rotatable bonds is 3. The van der Waals surface area contributed by atoms with E-state index in [0.29, 0.717) is 17.3 Å². The lowest BCUT2D eigenvalue weighted by atomic mass is 10.1. The van der Waals surface area contributed by atoms with Crippen LogP contribution < -0.4 is 11.1 Å². The van der Waals surface area contributed by atoms with E-state index >= 15 is 0 Å². The van der Waals surface area contributed by atoms with Crippen LogP contribution in [-0.2, 0) is 0 Å². The summed E-state index contributed by atoms with van der Waals surface area (Å²) in [5.74, 6) is 0.0929. The van der Waals surface area contributed by atoms with Gasteiger partial charge in [0.2, 0.25) is 0 Å². The van der Waals surface area contributed by atoms with Crippen molar-refractivity contribution >= 4 is 17.3 Å². The fourth-order valence-electron chi connectivity index (χ4n) is 2.24. The van der Waals surface area contributed by atoms with E-state index in [4.69, 9.17) is 5.73 Å². The summed E-state index contributed by atoms with van der Waals surface area (Å²) >= 11 is 0. The van der Waals surface area contributed by atoms with E-state index in [1.165, 1.54) is 0 Å². The Kier molecular flexibility index (Phi) is 3.75. The molecule has 1 fully saturated rings. The molecule has 1 heterocycles.